The summed E-state index contributed by atoms with van der Waals surface area (Å²) in [4.78, 5) is 27.6. The Kier molecular flexibility index (Phi) is 2.98. The van der Waals surface area contributed by atoms with Crippen molar-refractivity contribution in [2.24, 2.45) is 0 Å². The lowest BCUT2D eigenvalue weighted by atomic mass is 10.1. The Morgan fingerprint density at radius 3 is 2.74 bits per heavy atom. The summed E-state index contributed by atoms with van der Waals surface area (Å²) in [7, 11) is 1.73. The molecular formula is C14H16N2O3. The van der Waals surface area contributed by atoms with Crippen molar-refractivity contribution in [3.63, 3.8) is 0 Å². The molecule has 1 fully saturated rings. The standard InChI is InChI=1S/C14H16N2O3/c1-15-10-5-2-3-6-11(10)16(9-13(15)17)14(18)12-7-4-8-19-12/h2-3,5-6,12H,4,7-9H2,1H3. The number of hydrogen-bond donors (Lipinski definition) is 0. The van der Waals surface area contributed by atoms with Crippen molar-refractivity contribution >= 4 is 23.2 Å². The molecule has 0 N–H and O–H groups in total. The van der Waals surface area contributed by atoms with Gasteiger partial charge in [0.1, 0.15) is 12.6 Å². The molecule has 2 amide bonds. The van der Waals surface area contributed by atoms with Crippen LogP contribution < -0.4 is 9.80 Å². The van der Waals surface area contributed by atoms with E-state index in [-0.39, 0.29) is 18.4 Å². The highest BCUT2D eigenvalue weighted by Gasteiger charge is 2.35. The molecule has 5 nitrogen and oxygen atoms in total. The second kappa shape index (κ2) is 4.66. The maximum absolute atomic E-state index is 12.4. The van der Waals surface area contributed by atoms with E-state index in [9.17, 15) is 9.59 Å². The normalized spacial score (nSPS) is 22.6. The van der Waals surface area contributed by atoms with Crippen molar-refractivity contribution in [3.05, 3.63) is 24.3 Å². The van der Waals surface area contributed by atoms with Crippen LogP contribution in [-0.4, -0.2) is 38.1 Å². The van der Waals surface area contributed by atoms with Crippen molar-refractivity contribution in [3.8, 4) is 0 Å². The molecule has 19 heavy (non-hydrogen) atoms. The van der Waals surface area contributed by atoms with Gasteiger partial charge in [0.15, 0.2) is 0 Å². The molecule has 2 aliphatic rings. The van der Waals surface area contributed by atoms with Crippen LogP contribution in [0.5, 0.6) is 0 Å². The van der Waals surface area contributed by atoms with Gasteiger partial charge in [-0.1, -0.05) is 12.1 Å². The number of nitrogens with zero attached hydrogens (tertiary/aromatic N) is 2. The van der Waals surface area contributed by atoms with Crippen molar-refractivity contribution in [1.82, 2.24) is 0 Å². The molecule has 0 spiro atoms. The van der Waals surface area contributed by atoms with Crippen LogP contribution in [0.25, 0.3) is 0 Å². The summed E-state index contributed by atoms with van der Waals surface area (Å²) in [6.45, 7) is 0.714. The number of likely N-dealkylation sites (N-methyl/N-ethyl adjacent to an activating group) is 1. The van der Waals surface area contributed by atoms with Gasteiger partial charge in [0.2, 0.25) is 5.91 Å². The van der Waals surface area contributed by atoms with Gasteiger partial charge in [0.25, 0.3) is 5.91 Å². The van der Waals surface area contributed by atoms with E-state index in [0.29, 0.717) is 6.61 Å². The largest absolute Gasteiger partial charge is 0.368 e. The van der Waals surface area contributed by atoms with Crippen molar-refractivity contribution in [1.29, 1.82) is 0 Å². The first-order valence-electron chi connectivity index (χ1n) is 6.47. The number of anilines is 2. The van der Waals surface area contributed by atoms with Crippen molar-refractivity contribution < 1.29 is 14.3 Å². The highest BCUT2D eigenvalue weighted by molar-refractivity contribution is 6.11. The summed E-state index contributed by atoms with van der Waals surface area (Å²) in [6.07, 6.45) is 1.24. The molecule has 0 radical (unpaired) electrons. The number of para-hydroxylation sites is 2. The Morgan fingerprint density at radius 2 is 2.05 bits per heavy atom. The molecule has 1 saturated heterocycles. The topological polar surface area (TPSA) is 49.9 Å². The van der Waals surface area contributed by atoms with Gasteiger partial charge in [-0.2, -0.15) is 0 Å². The molecule has 3 rings (SSSR count). The molecule has 0 aromatic heterocycles. The monoisotopic (exact) mass is 260 g/mol. The zero-order valence-electron chi connectivity index (χ0n) is 10.8. The molecule has 1 atom stereocenters. The van der Waals surface area contributed by atoms with Crippen molar-refractivity contribution in [2.45, 2.75) is 18.9 Å². The molecule has 0 bridgehead atoms. The van der Waals surface area contributed by atoms with Gasteiger partial charge in [-0.25, -0.2) is 0 Å². The number of benzene rings is 1. The molecular weight excluding hydrogens is 244 g/mol. The lowest BCUT2D eigenvalue weighted by Gasteiger charge is -2.35. The quantitative estimate of drug-likeness (QED) is 0.761. The molecule has 0 aliphatic carbocycles. The fourth-order valence-electron chi connectivity index (χ4n) is 2.58. The first kappa shape index (κ1) is 12.2. The highest BCUT2D eigenvalue weighted by Crippen LogP contribution is 2.33. The minimum Gasteiger partial charge on any atom is -0.368 e. The summed E-state index contributed by atoms with van der Waals surface area (Å²) in [6, 6.07) is 7.45. The molecule has 1 unspecified atom stereocenters. The lowest BCUT2D eigenvalue weighted by molar-refractivity contribution is -0.129. The van der Waals surface area contributed by atoms with E-state index < -0.39 is 6.10 Å². The molecule has 0 saturated carbocycles. The zero-order chi connectivity index (χ0) is 13.4. The lowest BCUT2D eigenvalue weighted by Crippen LogP contribution is -2.49. The van der Waals surface area contributed by atoms with Crippen LogP contribution in [0, 0.1) is 0 Å². The van der Waals surface area contributed by atoms with Crippen LogP contribution >= 0.6 is 0 Å². The van der Waals surface area contributed by atoms with Gasteiger partial charge in [0.05, 0.1) is 11.4 Å². The Hall–Kier alpha value is -1.88. The number of ether oxygens (including phenoxy) is 1. The van der Waals surface area contributed by atoms with Gasteiger partial charge < -0.3 is 9.64 Å². The van der Waals surface area contributed by atoms with E-state index in [4.69, 9.17) is 4.74 Å². The van der Waals surface area contributed by atoms with E-state index in [0.717, 1.165) is 24.2 Å². The second-order valence-corrected chi connectivity index (χ2v) is 4.87. The fraction of sp³-hybridized carbons (Fsp3) is 0.429. The van der Waals surface area contributed by atoms with Crippen LogP contribution in [0.4, 0.5) is 11.4 Å². The maximum Gasteiger partial charge on any atom is 0.256 e. The van der Waals surface area contributed by atoms with E-state index in [1.165, 1.54) is 0 Å². The minimum absolute atomic E-state index is 0.0787. The van der Waals surface area contributed by atoms with Crippen LogP contribution in [0.15, 0.2) is 24.3 Å². The average molecular weight is 260 g/mol. The minimum atomic E-state index is -0.399. The predicted molar refractivity (Wildman–Crippen MR) is 71.2 cm³/mol. The van der Waals surface area contributed by atoms with Crippen LogP contribution in [-0.2, 0) is 14.3 Å². The first-order valence-corrected chi connectivity index (χ1v) is 6.47. The summed E-state index contributed by atoms with van der Waals surface area (Å²) in [5.41, 5.74) is 1.55. The van der Waals surface area contributed by atoms with Gasteiger partial charge in [-0.15, -0.1) is 0 Å². The average Bonchev–Trinajstić information content (AvgIpc) is 2.96. The first-order chi connectivity index (χ1) is 9.18. The number of amides is 2. The van der Waals surface area contributed by atoms with Crippen LogP contribution in [0.3, 0.4) is 0 Å². The summed E-state index contributed by atoms with van der Waals surface area (Å²) in [5, 5.41) is 0. The maximum atomic E-state index is 12.4. The Morgan fingerprint density at radius 1 is 1.32 bits per heavy atom. The van der Waals surface area contributed by atoms with Crippen LogP contribution in [0.2, 0.25) is 0 Å². The van der Waals surface area contributed by atoms with Gasteiger partial charge in [-0.05, 0) is 25.0 Å². The summed E-state index contributed by atoms with van der Waals surface area (Å²) < 4.78 is 5.43. The number of fused-ring (bicyclic) bond motifs is 1. The van der Waals surface area contributed by atoms with E-state index in [2.05, 4.69) is 0 Å². The molecule has 1 aromatic carbocycles. The number of hydrogen-bond acceptors (Lipinski definition) is 3. The van der Waals surface area contributed by atoms with E-state index in [1.54, 1.807) is 16.8 Å². The third-order valence-corrected chi connectivity index (χ3v) is 3.67. The number of rotatable bonds is 1. The second-order valence-electron chi connectivity index (χ2n) is 4.87. The Labute approximate surface area is 111 Å². The molecule has 2 heterocycles. The molecule has 2 aliphatic heterocycles. The number of carbonyl (C=O) groups excluding carboxylic acids is 2. The van der Waals surface area contributed by atoms with Gasteiger partial charge >= 0.3 is 0 Å². The third kappa shape index (κ3) is 2.00. The zero-order valence-corrected chi connectivity index (χ0v) is 10.8. The molecule has 1 aromatic rings. The van der Waals surface area contributed by atoms with E-state index in [1.807, 2.05) is 24.3 Å². The summed E-state index contributed by atoms with van der Waals surface area (Å²) >= 11 is 0. The third-order valence-electron chi connectivity index (χ3n) is 3.67. The number of carbonyl (C=O) groups is 2. The fourth-order valence-corrected chi connectivity index (χ4v) is 2.58. The SMILES string of the molecule is CN1C(=O)CN(C(=O)C2CCCO2)c2ccccc21. The van der Waals surface area contributed by atoms with E-state index >= 15 is 0 Å². The smallest absolute Gasteiger partial charge is 0.256 e. The van der Waals surface area contributed by atoms with Gasteiger partial charge in [-0.3, -0.25) is 14.5 Å². The van der Waals surface area contributed by atoms with Gasteiger partial charge in [0, 0.05) is 13.7 Å². The molecule has 5 heteroatoms. The highest BCUT2D eigenvalue weighted by atomic mass is 16.5. The predicted octanol–water partition coefficient (Wildman–Crippen LogP) is 1.17. The van der Waals surface area contributed by atoms with Crippen LogP contribution in [0.1, 0.15) is 12.8 Å². The molecule has 100 valence electrons. The Bertz CT molecular complexity index is 523. The van der Waals surface area contributed by atoms with Crippen molar-refractivity contribution in [2.75, 3.05) is 30.0 Å². The Balaban J connectivity index is 1.96. The summed E-state index contributed by atoms with van der Waals surface area (Å²) in [5.74, 6) is -0.184.